The van der Waals surface area contributed by atoms with Crippen molar-refractivity contribution in [3.63, 3.8) is 0 Å². The van der Waals surface area contributed by atoms with Crippen LogP contribution in [0.3, 0.4) is 0 Å². The molecule has 1 aromatic heterocycles. The highest BCUT2D eigenvalue weighted by atomic mass is 32.1. The molecule has 4 rings (SSSR count). The molecule has 0 bridgehead atoms. The number of thiocarbonyl (C=S) groups is 1. The summed E-state index contributed by atoms with van der Waals surface area (Å²) >= 11 is 5.63. The van der Waals surface area contributed by atoms with E-state index in [-0.39, 0.29) is 17.5 Å². The number of halogens is 2. The zero-order valence-corrected chi connectivity index (χ0v) is 19.2. The third kappa shape index (κ3) is 5.09. The second kappa shape index (κ2) is 10.2. The molecule has 2 aromatic carbocycles. The van der Waals surface area contributed by atoms with Crippen LogP contribution in [0.2, 0.25) is 0 Å². The molecule has 0 amide bonds. The summed E-state index contributed by atoms with van der Waals surface area (Å²) in [6, 6.07) is 11.7. The van der Waals surface area contributed by atoms with E-state index >= 15 is 0 Å². The van der Waals surface area contributed by atoms with Crippen molar-refractivity contribution >= 4 is 22.9 Å². The van der Waals surface area contributed by atoms with E-state index in [4.69, 9.17) is 21.5 Å². The molecule has 1 atom stereocenters. The first-order valence-corrected chi connectivity index (χ1v) is 11.1. The minimum absolute atomic E-state index is 0.283. The Balaban J connectivity index is 1.74. The number of hydrogen-bond donors (Lipinski definition) is 1. The van der Waals surface area contributed by atoms with Crippen molar-refractivity contribution in [2.45, 2.75) is 26.3 Å². The SMILES string of the molecule is CCOCCCN1C(=S)NC(c2cccc(F)c2)C(c2nc(-c3ccc(F)cc3)no2)=C1C. The minimum atomic E-state index is -0.474. The van der Waals surface area contributed by atoms with Crippen molar-refractivity contribution in [3.05, 3.63) is 77.3 Å². The maximum atomic E-state index is 14.0. The fraction of sp³-hybridized carbons (Fsp3) is 0.292. The van der Waals surface area contributed by atoms with Crippen molar-refractivity contribution in [2.24, 2.45) is 0 Å². The highest BCUT2D eigenvalue weighted by Crippen LogP contribution is 2.37. The summed E-state index contributed by atoms with van der Waals surface area (Å²) in [7, 11) is 0. The molecule has 9 heteroatoms. The normalized spacial score (nSPS) is 16.3. The van der Waals surface area contributed by atoms with E-state index in [1.54, 1.807) is 18.2 Å². The lowest BCUT2D eigenvalue weighted by Crippen LogP contribution is -2.46. The highest BCUT2D eigenvalue weighted by molar-refractivity contribution is 7.80. The molecule has 0 radical (unpaired) electrons. The van der Waals surface area contributed by atoms with Crippen molar-refractivity contribution in [1.29, 1.82) is 0 Å². The van der Waals surface area contributed by atoms with Gasteiger partial charge in [0.25, 0.3) is 5.89 Å². The summed E-state index contributed by atoms with van der Waals surface area (Å²) < 4.78 is 38.4. The third-order valence-electron chi connectivity index (χ3n) is 5.41. The molecule has 172 valence electrons. The third-order valence-corrected chi connectivity index (χ3v) is 5.75. The van der Waals surface area contributed by atoms with Gasteiger partial charge in [-0.05, 0) is 74.4 Å². The molecule has 0 fully saturated rings. The van der Waals surface area contributed by atoms with Gasteiger partial charge in [-0.1, -0.05) is 17.3 Å². The van der Waals surface area contributed by atoms with Gasteiger partial charge in [0.2, 0.25) is 5.82 Å². The van der Waals surface area contributed by atoms with Crippen molar-refractivity contribution in [1.82, 2.24) is 20.4 Å². The van der Waals surface area contributed by atoms with Gasteiger partial charge in [-0.15, -0.1) is 0 Å². The summed E-state index contributed by atoms with van der Waals surface area (Å²) in [6.07, 6.45) is 0.773. The van der Waals surface area contributed by atoms with Crippen LogP contribution in [0.5, 0.6) is 0 Å². The Morgan fingerprint density at radius 2 is 1.94 bits per heavy atom. The van der Waals surface area contributed by atoms with Crippen molar-refractivity contribution < 1.29 is 18.0 Å². The maximum Gasteiger partial charge on any atom is 0.258 e. The van der Waals surface area contributed by atoms with E-state index in [1.165, 1.54) is 24.3 Å². The minimum Gasteiger partial charge on any atom is -0.382 e. The molecule has 1 aliphatic heterocycles. The predicted octanol–water partition coefficient (Wildman–Crippen LogP) is 5.10. The lowest BCUT2D eigenvalue weighted by molar-refractivity contribution is 0.141. The molecule has 1 aliphatic rings. The molecule has 0 spiro atoms. The van der Waals surface area contributed by atoms with Crippen molar-refractivity contribution in [2.75, 3.05) is 19.8 Å². The van der Waals surface area contributed by atoms with Crippen LogP contribution >= 0.6 is 12.2 Å². The van der Waals surface area contributed by atoms with Gasteiger partial charge in [-0.25, -0.2) is 8.78 Å². The van der Waals surface area contributed by atoms with Crippen LogP contribution in [0.15, 0.2) is 58.8 Å². The Kier molecular flexibility index (Phi) is 7.10. The molecule has 6 nitrogen and oxygen atoms in total. The van der Waals surface area contributed by atoms with Gasteiger partial charge in [-0.3, -0.25) is 0 Å². The number of nitrogens with zero attached hydrogens (tertiary/aromatic N) is 3. The fourth-order valence-electron chi connectivity index (χ4n) is 3.78. The number of allylic oxidation sites excluding steroid dienone is 1. The molecule has 2 heterocycles. The molecule has 3 aromatic rings. The average Bonchev–Trinajstić information content (AvgIpc) is 3.28. The summed E-state index contributed by atoms with van der Waals surface area (Å²) in [6.45, 7) is 5.78. The number of aromatic nitrogens is 2. The molecular weight excluding hydrogens is 446 g/mol. The Labute approximate surface area is 196 Å². The zero-order chi connectivity index (χ0) is 23.4. The number of ether oxygens (including phenoxy) is 1. The lowest BCUT2D eigenvalue weighted by atomic mass is 9.94. The first kappa shape index (κ1) is 23.0. The van der Waals surface area contributed by atoms with Crippen molar-refractivity contribution in [3.8, 4) is 11.4 Å². The number of benzene rings is 2. The Morgan fingerprint density at radius 1 is 1.15 bits per heavy atom. The van der Waals surface area contributed by atoms with Gasteiger partial charge in [0, 0.05) is 31.0 Å². The number of nitrogens with one attached hydrogen (secondary N) is 1. The summed E-state index contributed by atoms with van der Waals surface area (Å²) in [5.41, 5.74) is 2.84. The van der Waals surface area contributed by atoms with Gasteiger partial charge in [0.15, 0.2) is 5.11 Å². The molecular formula is C24H24F2N4O2S. The second-order valence-electron chi connectivity index (χ2n) is 7.57. The average molecular weight is 471 g/mol. The maximum absolute atomic E-state index is 14.0. The highest BCUT2D eigenvalue weighted by Gasteiger charge is 2.34. The first-order valence-electron chi connectivity index (χ1n) is 10.7. The molecule has 0 aliphatic carbocycles. The molecule has 1 N–H and O–H groups in total. The number of hydrogen-bond acceptors (Lipinski definition) is 5. The topological polar surface area (TPSA) is 63.4 Å². The Morgan fingerprint density at radius 3 is 2.67 bits per heavy atom. The van der Waals surface area contributed by atoms with E-state index in [1.807, 2.05) is 24.8 Å². The van der Waals surface area contributed by atoms with Gasteiger partial charge in [0.1, 0.15) is 11.6 Å². The van der Waals surface area contributed by atoms with Crippen LogP contribution in [0.25, 0.3) is 17.0 Å². The van der Waals surface area contributed by atoms with Crippen LogP contribution in [-0.4, -0.2) is 39.9 Å². The van der Waals surface area contributed by atoms with Crippen LogP contribution in [-0.2, 0) is 4.74 Å². The van der Waals surface area contributed by atoms with E-state index in [9.17, 15) is 8.78 Å². The molecule has 0 saturated carbocycles. The van der Waals surface area contributed by atoms with Crippen LogP contribution in [0, 0.1) is 11.6 Å². The van der Waals surface area contributed by atoms with Gasteiger partial charge >= 0.3 is 0 Å². The largest absolute Gasteiger partial charge is 0.382 e. The predicted molar refractivity (Wildman–Crippen MR) is 125 cm³/mol. The second-order valence-corrected chi connectivity index (χ2v) is 7.96. The van der Waals surface area contributed by atoms with Gasteiger partial charge in [-0.2, -0.15) is 4.98 Å². The van der Waals surface area contributed by atoms with Crippen LogP contribution in [0.4, 0.5) is 8.78 Å². The van der Waals surface area contributed by atoms with E-state index in [0.29, 0.717) is 47.4 Å². The van der Waals surface area contributed by atoms with Crippen LogP contribution < -0.4 is 5.32 Å². The smallest absolute Gasteiger partial charge is 0.258 e. The molecule has 33 heavy (non-hydrogen) atoms. The standard InChI is InChI=1S/C24H24F2N4O2S/c1-3-31-13-5-12-30-15(2)20(21(27-24(30)33)17-6-4-7-19(26)14-17)23-28-22(29-32-23)16-8-10-18(25)11-9-16/h4,6-11,14,21H,3,5,12-13H2,1-2H3,(H,27,33). The Hall–Kier alpha value is -3.17. The molecule has 0 saturated heterocycles. The summed E-state index contributed by atoms with van der Waals surface area (Å²) in [4.78, 5) is 6.52. The molecule has 1 unspecified atom stereocenters. The van der Waals surface area contributed by atoms with E-state index in [2.05, 4.69) is 15.5 Å². The van der Waals surface area contributed by atoms with Gasteiger partial charge < -0.3 is 19.5 Å². The van der Waals surface area contributed by atoms with Crippen LogP contribution in [0.1, 0.15) is 37.8 Å². The number of rotatable bonds is 8. The quantitative estimate of drug-likeness (QED) is 0.363. The monoisotopic (exact) mass is 470 g/mol. The van der Waals surface area contributed by atoms with Gasteiger partial charge in [0.05, 0.1) is 11.6 Å². The first-order chi connectivity index (χ1) is 16.0. The summed E-state index contributed by atoms with van der Waals surface area (Å²) in [5, 5.41) is 7.92. The lowest BCUT2D eigenvalue weighted by Gasteiger charge is -2.37. The Bertz CT molecular complexity index is 1160. The van der Waals surface area contributed by atoms with E-state index < -0.39 is 6.04 Å². The zero-order valence-electron chi connectivity index (χ0n) is 18.3. The summed E-state index contributed by atoms with van der Waals surface area (Å²) in [5.74, 6) is -0.0843. The fourth-order valence-corrected chi connectivity index (χ4v) is 4.13. The van der Waals surface area contributed by atoms with E-state index in [0.717, 1.165) is 12.1 Å².